The summed E-state index contributed by atoms with van der Waals surface area (Å²) in [5.41, 5.74) is 0.967. The molecule has 1 saturated carbocycles. The number of para-hydroxylation sites is 1. The van der Waals surface area contributed by atoms with Gasteiger partial charge < -0.3 is 4.90 Å². The van der Waals surface area contributed by atoms with Gasteiger partial charge in [0.25, 0.3) is 0 Å². The Morgan fingerprint density at radius 2 is 1.88 bits per heavy atom. The van der Waals surface area contributed by atoms with E-state index in [4.69, 9.17) is 0 Å². The third-order valence-corrected chi connectivity index (χ3v) is 3.26. The molecule has 1 aliphatic carbocycles. The van der Waals surface area contributed by atoms with Crippen molar-refractivity contribution >= 4 is 11.6 Å². The monoisotopic (exact) mass is 216 g/mol. The molecule has 0 aliphatic heterocycles. The highest BCUT2D eigenvalue weighted by Crippen LogP contribution is 2.28. The first kappa shape index (κ1) is 11.2. The van der Waals surface area contributed by atoms with Crippen LogP contribution in [-0.4, -0.2) is 12.5 Å². The molecule has 0 unspecified atom stereocenters. The van der Waals surface area contributed by atoms with Crippen LogP contribution in [0.4, 0.5) is 5.69 Å². The molecular formula is C14H18NO. The van der Waals surface area contributed by atoms with E-state index in [1.54, 1.807) is 4.90 Å². The van der Waals surface area contributed by atoms with E-state index in [1.165, 1.54) is 12.8 Å². The molecule has 1 radical (unpaired) electrons. The number of amides is 1. The number of hydrogen-bond donors (Lipinski definition) is 0. The Hall–Kier alpha value is -1.31. The molecule has 0 aromatic heterocycles. The number of carbonyl (C=O) groups is 1. The molecule has 2 rings (SSSR count). The normalized spacial score (nSPS) is 16.3. The third-order valence-electron chi connectivity index (χ3n) is 3.26. The van der Waals surface area contributed by atoms with Gasteiger partial charge >= 0.3 is 0 Å². The first-order valence-corrected chi connectivity index (χ1v) is 5.98. The predicted molar refractivity (Wildman–Crippen MR) is 66.1 cm³/mol. The molecular weight excluding hydrogens is 198 g/mol. The van der Waals surface area contributed by atoms with Gasteiger partial charge in [-0.05, 0) is 31.9 Å². The lowest BCUT2D eigenvalue weighted by Gasteiger charge is -2.24. The van der Waals surface area contributed by atoms with Crippen LogP contribution in [-0.2, 0) is 4.79 Å². The minimum atomic E-state index is 0.224. The van der Waals surface area contributed by atoms with Crippen molar-refractivity contribution in [3.8, 4) is 0 Å². The number of anilines is 1. The molecule has 0 heterocycles. The zero-order valence-electron chi connectivity index (χ0n) is 9.56. The molecule has 1 aliphatic rings. The summed E-state index contributed by atoms with van der Waals surface area (Å²) in [5, 5.41) is 0. The van der Waals surface area contributed by atoms with Crippen LogP contribution in [0.15, 0.2) is 30.3 Å². The van der Waals surface area contributed by atoms with Gasteiger partial charge in [-0.1, -0.05) is 31.0 Å². The Labute approximate surface area is 97.3 Å². The number of rotatable bonds is 3. The van der Waals surface area contributed by atoms with E-state index >= 15 is 0 Å². The topological polar surface area (TPSA) is 20.3 Å². The van der Waals surface area contributed by atoms with E-state index in [0.717, 1.165) is 18.5 Å². The van der Waals surface area contributed by atoms with Gasteiger partial charge in [0.05, 0.1) is 0 Å². The van der Waals surface area contributed by atoms with Gasteiger partial charge in [-0.2, -0.15) is 0 Å². The Bertz CT molecular complexity index is 341. The van der Waals surface area contributed by atoms with Gasteiger partial charge in [0, 0.05) is 18.2 Å². The lowest BCUT2D eigenvalue weighted by Crippen LogP contribution is -2.35. The van der Waals surface area contributed by atoms with E-state index in [0.29, 0.717) is 6.54 Å². The lowest BCUT2D eigenvalue weighted by molar-refractivity contribution is -0.122. The molecule has 0 spiro atoms. The summed E-state index contributed by atoms with van der Waals surface area (Å²) in [6.07, 6.45) is 4.47. The van der Waals surface area contributed by atoms with Crippen molar-refractivity contribution in [2.24, 2.45) is 5.92 Å². The highest BCUT2D eigenvalue weighted by Gasteiger charge is 2.27. The fraction of sp³-hybridized carbons (Fsp3) is 0.429. The molecule has 1 aromatic rings. The summed E-state index contributed by atoms with van der Waals surface area (Å²) >= 11 is 0. The van der Waals surface area contributed by atoms with Crippen molar-refractivity contribution in [1.82, 2.24) is 0 Å². The number of nitrogens with zero attached hydrogens (tertiary/aromatic N) is 1. The molecule has 0 bridgehead atoms. The Balaban J connectivity index is 2.13. The average Bonchev–Trinajstić information content (AvgIpc) is 2.85. The van der Waals surface area contributed by atoms with E-state index in [1.807, 2.05) is 30.3 Å². The summed E-state index contributed by atoms with van der Waals surface area (Å²) in [4.78, 5) is 14.1. The Morgan fingerprint density at radius 3 is 2.44 bits per heavy atom. The Morgan fingerprint density at radius 1 is 1.25 bits per heavy atom. The molecule has 0 atom stereocenters. The fourth-order valence-electron chi connectivity index (χ4n) is 2.37. The average molecular weight is 216 g/mol. The highest BCUT2D eigenvalue weighted by molar-refractivity contribution is 5.95. The summed E-state index contributed by atoms with van der Waals surface area (Å²) in [5.74, 6) is 0.473. The van der Waals surface area contributed by atoms with Gasteiger partial charge in [0.2, 0.25) is 5.91 Å². The van der Waals surface area contributed by atoms with E-state index in [2.05, 4.69) is 6.92 Å². The number of carbonyl (C=O) groups excluding carboxylic acids is 1. The van der Waals surface area contributed by atoms with Crippen molar-refractivity contribution < 1.29 is 4.79 Å². The van der Waals surface area contributed by atoms with Crippen LogP contribution in [0.1, 0.15) is 25.7 Å². The van der Waals surface area contributed by atoms with Crippen molar-refractivity contribution in [3.05, 3.63) is 37.3 Å². The second-order valence-electron chi connectivity index (χ2n) is 4.31. The first-order chi connectivity index (χ1) is 7.83. The van der Waals surface area contributed by atoms with E-state index in [-0.39, 0.29) is 11.8 Å². The van der Waals surface area contributed by atoms with Gasteiger partial charge in [0.1, 0.15) is 0 Å². The standard InChI is InChI=1S/C14H18NO/c1-2-15(13-10-4-3-5-11-13)14(16)12-8-6-7-9-12/h3-5,10-12H,1-2,6-9H2. The van der Waals surface area contributed by atoms with Crippen LogP contribution in [0.3, 0.4) is 0 Å². The largest absolute Gasteiger partial charge is 0.312 e. The van der Waals surface area contributed by atoms with Crippen molar-refractivity contribution in [2.45, 2.75) is 25.7 Å². The van der Waals surface area contributed by atoms with E-state index in [9.17, 15) is 4.79 Å². The van der Waals surface area contributed by atoms with Crippen molar-refractivity contribution in [2.75, 3.05) is 11.4 Å². The predicted octanol–water partition coefficient (Wildman–Crippen LogP) is 3.04. The maximum absolute atomic E-state index is 12.3. The highest BCUT2D eigenvalue weighted by atomic mass is 16.2. The van der Waals surface area contributed by atoms with Crippen LogP contribution in [0.5, 0.6) is 0 Å². The molecule has 1 aromatic carbocycles. The third kappa shape index (κ3) is 2.26. The summed E-state index contributed by atoms with van der Waals surface area (Å²) in [6, 6.07) is 9.82. The van der Waals surface area contributed by atoms with Gasteiger partial charge in [-0.25, -0.2) is 0 Å². The smallest absolute Gasteiger partial charge is 0.230 e. The Kier molecular flexibility index (Phi) is 3.60. The summed E-state index contributed by atoms with van der Waals surface area (Å²) in [7, 11) is 0. The van der Waals surface area contributed by atoms with Crippen LogP contribution in [0.2, 0.25) is 0 Å². The molecule has 1 fully saturated rings. The minimum absolute atomic E-state index is 0.224. The van der Waals surface area contributed by atoms with Crippen LogP contribution < -0.4 is 4.90 Å². The van der Waals surface area contributed by atoms with Crippen LogP contribution in [0, 0.1) is 12.8 Å². The van der Waals surface area contributed by atoms with Crippen LogP contribution >= 0.6 is 0 Å². The number of benzene rings is 1. The SMILES string of the molecule is [CH2]CN(C(=O)C1CCCC1)c1ccccc1. The van der Waals surface area contributed by atoms with Gasteiger partial charge in [-0.3, -0.25) is 4.79 Å². The first-order valence-electron chi connectivity index (χ1n) is 5.98. The second kappa shape index (κ2) is 5.15. The van der Waals surface area contributed by atoms with Crippen molar-refractivity contribution in [1.29, 1.82) is 0 Å². The number of hydrogen-bond acceptors (Lipinski definition) is 1. The second-order valence-corrected chi connectivity index (χ2v) is 4.31. The molecule has 0 saturated heterocycles. The molecule has 2 heteroatoms. The summed E-state index contributed by atoms with van der Waals surface area (Å²) in [6.45, 7) is 4.37. The molecule has 1 amide bonds. The zero-order chi connectivity index (χ0) is 11.4. The van der Waals surface area contributed by atoms with Gasteiger partial charge in [-0.15, -0.1) is 0 Å². The molecule has 0 N–H and O–H groups in total. The fourth-order valence-corrected chi connectivity index (χ4v) is 2.37. The lowest BCUT2D eigenvalue weighted by atomic mass is 10.1. The van der Waals surface area contributed by atoms with E-state index < -0.39 is 0 Å². The maximum atomic E-state index is 12.3. The van der Waals surface area contributed by atoms with Crippen molar-refractivity contribution in [3.63, 3.8) is 0 Å². The summed E-state index contributed by atoms with van der Waals surface area (Å²) < 4.78 is 0. The van der Waals surface area contributed by atoms with Gasteiger partial charge in [0.15, 0.2) is 0 Å². The molecule has 2 nitrogen and oxygen atoms in total. The quantitative estimate of drug-likeness (QED) is 0.760. The van der Waals surface area contributed by atoms with Crippen LogP contribution in [0.25, 0.3) is 0 Å². The molecule has 85 valence electrons. The maximum Gasteiger partial charge on any atom is 0.230 e. The molecule has 16 heavy (non-hydrogen) atoms. The zero-order valence-corrected chi connectivity index (χ0v) is 9.56. The minimum Gasteiger partial charge on any atom is -0.312 e.